The molecule has 6 atom stereocenters. The van der Waals surface area contributed by atoms with E-state index in [0.717, 1.165) is 0 Å². The SMILES string of the molecule is CSCC[C@H](NC(=O)[C@H](CCSC)NC(=O)[C@H](Cc1ccc(O)cc1)NC(=O)[C@@H](NC(=O)[C@@H](N)CO)C(C)C)C(=O)N[C@@H](CS)C(=O)NCC(=O)O. The van der Waals surface area contributed by atoms with Crippen molar-refractivity contribution in [1.29, 1.82) is 0 Å². The average molecular weight is 790 g/mol. The number of hydrogen-bond acceptors (Lipinski definition) is 13. The topological polar surface area (TPSA) is 278 Å². The number of hydrogen-bond donors (Lipinski definition) is 11. The Kier molecular flexibility index (Phi) is 21.8. The number of nitrogens with one attached hydrogen (secondary N) is 6. The molecule has 0 radical (unpaired) electrons. The highest BCUT2D eigenvalue weighted by Crippen LogP contribution is 2.13. The van der Waals surface area contributed by atoms with E-state index in [1.165, 1.54) is 35.7 Å². The maximum atomic E-state index is 13.9. The van der Waals surface area contributed by atoms with Crippen LogP contribution in [0.4, 0.5) is 0 Å². The zero-order chi connectivity index (χ0) is 39.4. The van der Waals surface area contributed by atoms with E-state index in [0.29, 0.717) is 17.1 Å². The van der Waals surface area contributed by atoms with Crippen LogP contribution in [-0.4, -0.2) is 136 Å². The lowest BCUT2D eigenvalue weighted by Crippen LogP contribution is -2.60. The largest absolute Gasteiger partial charge is 0.508 e. The molecule has 0 aliphatic rings. The first-order valence-corrected chi connectivity index (χ1v) is 19.7. The van der Waals surface area contributed by atoms with E-state index in [1.54, 1.807) is 38.5 Å². The smallest absolute Gasteiger partial charge is 0.322 e. The van der Waals surface area contributed by atoms with Gasteiger partial charge in [0, 0.05) is 12.2 Å². The van der Waals surface area contributed by atoms with Crippen LogP contribution in [-0.2, 0) is 40.0 Å². The molecule has 0 unspecified atom stereocenters. The van der Waals surface area contributed by atoms with Crippen molar-refractivity contribution in [2.24, 2.45) is 11.7 Å². The summed E-state index contributed by atoms with van der Waals surface area (Å²) >= 11 is 6.90. The molecule has 0 saturated heterocycles. The summed E-state index contributed by atoms with van der Waals surface area (Å²) in [6, 6.07) is -1.29. The molecule has 1 rings (SSSR count). The summed E-state index contributed by atoms with van der Waals surface area (Å²) in [5.41, 5.74) is 6.16. The van der Waals surface area contributed by atoms with Gasteiger partial charge in [-0.2, -0.15) is 36.2 Å². The van der Waals surface area contributed by atoms with E-state index < -0.39 is 96.7 Å². The van der Waals surface area contributed by atoms with Gasteiger partial charge in [-0.15, -0.1) is 0 Å². The van der Waals surface area contributed by atoms with Crippen molar-refractivity contribution in [1.82, 2.24) is 31.9 Å². The van der Waals surface area contributed by atoms with Crippen LogP contribution in [0, 0.1) is 5.92 Å². The minimum atomic E-state index is -1.28. The number of carboxylic acids is 1. The summed E-state index contributed by atoms with van der Waals surface area (Å²) in [4.78, 5) is 90.1. The van der Waals surface area contributed by atoms with E-state index >= 15 is 0 Å². The van der Waals surface area contributed by atoms with Crippen LogP contribution in [0.3, 0.4) is 0 Å². The molecule has 0 fully saturated rings. The quantitative estimate of drug-likeness (QED) is 0.0505. The first-order valence-electron chi connectivity index (χ1n) is 16.3. The summed E-state index contributed by atoms with van der Waals surface area (Å²) in [6.07, 6.45) is 3.82. The lowest BCUT2D eigenvalue weighted by molar-refractivity contribution is -0.138. The lowest BCUT2D eigenvalue weighted by Gasteiger charge is -2.28. The Labute approximate surface area is 316 Å². The number of amides is 6. The molecule has 0 aliphatic heterocycles. The van der Waals surface area contributed by atoms with Crippen molar-refractivity contribution in [2.75, 3.05) is 42.9 Å². The molecule has 0 aromatic heterocycles. The number of aliphatic hydroxyl groups excluding tert-OH is 1. The third kappa shape index (κ3) is 16.7. The van der Waals surface area contributed by atoms with E-state index in [2.05, 4.69) is 44.5 Å². The van der Waals surface area contributed by atoms with Gasteiger partial charge in [0.25, 0.3) is 0 Å². The van der Waals surface area contributed by atoms with Crippen molar-refractivity contribution in [2.45, 2.75) is 69.4 Å². The Balaban J connectivity index is 3.32. The van der Waals surface area contributed by atoms with Crippen molar-refractivity contribution in [3.05, 3.63) is 29.8 Å². The highest BCUT2D eigenvalue weighted by atomic mass is 32.2. The highest BCUT2D eigenvalue weighted by Gasteiger charge is 2.33. The van der Waals surface area contributed by atoms with Crippen LogP contribution < -0.4 is 37.6 Å². The number of aliphatic hydroxyl groups is 1. The molecule has 0 spiro atoms. The summed E-state index contributed by atoms with van der Waals surface area (Å²) in [6.45, 7) is 2.01. The normalized spacial score (nSPS) is 14.5. The van der Waals surface area contributed by atoms with Crippen molar-refractivity contribution < 1.29 is 48.9 Å². The monoisotopic (exact) mass is 789 g/mol. The van der Waals surface area contributed by atoms with Crippen LogP contribution in [0.2, 0.25) is 0 Å². The fourth-order valence-electron chi connectivity index (χ4n) is 4.52. The molecule has 0 saturated carbocycles. The Hall–Kier alpha value is -3.72. The molecule has 0 heterocycles. The minimum Gasteiger partial charge on any atom is -0.508 e. The number of benzene rings is 1. The summed E-state index contributed by atoms with van der Waals surface area (Å²) in [5, 5.41) is 43.0. The third-order valence-corrected chi connectivity index (χ3v) is 9.16. The molecule has 11 N–H and O–H groups in total. The van der Waals surface area contributed by atoms with E-state index in [1.807, 2.05) is 0 Å². The van der Waals surface area contributed by atoms with Gasteiger partial charge in [-0.3, -0.25) is 33.6 Å². The van der Waals surface area contributed by atoms with Gasteiger partial charge in [-0.25, -0.2) is 0 Å². The second-order valence-corrected chi connectivity index (χ2v) is 14.3. The molecule has 20 heteroatoms. The second-order valence-electron chi connectivity index (χ2n) is 12.0. The predicted molar refractivity (Wildman–Crippen MR) is 202 cm³/mol. The van der Waals surface area contributed by atoms with Crippen LogP contribution in [0.1, 0.15) is 32.3 Å². The molecule has 6 amide bonds. The Morgan fingerprint density at radius 1 is 0.731 bits per heavy atom. The van der Waals surface area contributed by atoms with Crippen molar-refractivity contribution in [3.63, 3.8) is 0 Å². The number of thioether (sulfide) groups is 2. The Morgan fingerprint density at radius 3 is 1.65 bits per heavy atom. The molecule has 17 nitrogen and oxygen atoms in total. The van der Waals surface area contributed by atoms with Crippen molar-refractivity contribution in [3.8, 4) is 5.75 Å². The number of aliphatic carboxylic acids is 1. The number of phenolic OH excluding ortho intramolecular Hbond substituents is 1. The van der Waals surface area contributed by atoms with E-state index in [-0.39, 0.29) is 30.8 Å². The number of rotatable bonds is 24. The molecule has 0 aliphatic carbocycles. The molecule has 292 valence electrons. The van der Waals surface area contributed by atoms with Gasteiger partial charge in [0.1, 0.15) is 48.5 Å². The fraction of sp³-hybridized carbons (Fsp3) is 0.594. The summed E-state index contributed by atoms with van der Waals surface area (Å²) in [7, 11) is 0. The van der Waals surface area contributed by atoms with Crippen molar-refractivity contribution >= 4 is 77.6 Å². The number of thiol groups is 1. The zero-order valence-corrected chi connectivity index (χ0v) is 32.1. The van der Waals surface area contributed by atoms with Gasteiger partial charge < -0.3 is 53.0 Å². The van der Waals surface area contributed by atoms with Crippen LogP contribution >= 0.6 is 36.2 Å². The van der Waals surface area contributed by atoms with Gasteiger partial charge >= 0.3 is 5.97 Å². The van der Waals surface area contributed by atoms with Crippen LogP contribution in [0.15, 0.2) is 24.3 Å². The number of carbonyl (C=O) groups excluding carboxylic acids is 6. The minimum absolute atomic E-state index is 0.0213. The lowest BCUT2D eigenvalue weighted by atomic mass is 10.00. The fourth-order valence-corrected chi connectivity index (χ4v) is 5.72. The second kappa shape index (κ2) is 24.5. The first kappa shape index (κ1) is 46.3. The van der Waals surface area contributed by atoms with Gasteiger partial charge in [0.2, 0.25) is 35.4 Å². The molecular weight excluding hydrogens is 739 g/mol. The molecule has 0 bridgehead atoms. The van der Waals surface area contributed by atoms with Gasteiger partial charge in [0.05, 0.1) is 6.61 Å². The van der Waals surface area contributed by atoms with Gasteiger partial charge in [-0.1, -0.05) is 26.0 Å². The van der Waals surface area contributed by atoms with Gasteiger partial charge in [0.15, 0.2) is 0 Å². The number of phenols is 1. The molecular formula is C32H51N7O10S3. The number of carboxylic acid groups (broad SMARTS) is 1. The zero-order valence-electron chi connectivity index (χ0n) is 29.5. The summed E-state index contributed by atoms with van der Waals surface area (Å²) < 4.78 is 0. The Morgan fingerprint density at radius 2 is 1.21 bits per heavy atom. The maximum Gasteiger partial charge on any atom is 0.322 e. The highest BCUT2D eigenvalue weighted by molar-refractivity contribution is 7.98. The number of carbonyl (C=O) groups is 7. The Bertz CT molecular complexity index is 1360. The van der Waals surface area contributed by atoms with Gasteiger partial charge in [-0.05, 0) is 60.5 Å². The molecule has 1 aromatic carbocycles. The predicted octanol–water partition coefficient (Wildman–Crippen LogP) is -2.03. The average Bonchev–Trinajstić information content (AvgIpc) is 3.11. The van der Waals surface area contributed by atoms with E-state index in [9.17, 15) is 43.8 Å². The molecule has 52 heavy (non-hydrogen) atoms. The number of nitrogens with two attached hydrogens (primary N) is 1. The van der Waals surface area contributed by atoms with Crippen LogP contribution in [0.5, 0.6) is 5.75 Å². The van der Waals surface area contributed by atoms with Crippen LogP contribution in [0.25, 0.3) is 0 Å². The summed E-state index contributed by atoms with van der Waals surface area (Å²) in [5.74, 6) is -5.50. The standard InChI is InChI=1S/C32H51N7O10S3/c1-17(2)26(39-27(44)20(33)15-40)32(49)37-23(13-18-5-7-19(41)8-6-18)31(48)36-21(9-11-51-3)29(46)35-22(10-12-52-4)30(47)38-24(16-50)28(45)34-14-25(42)43/h5-8,17,20-24,26,40-41,50H,9-16,33H2,1-4H3,(H,34,45)(H,35,46)(H,36,48)(H,37,49)(H,38,47)(H,39,44)(H,42,43)/t20-,21-,22-,23-,24-,26-/m0/s1. The van der Waals surface area contributed by atoms with E-state index in [4.69, 9.17) is 10.8 Å². The molecule has 1 aromatic rings. The first-order chi connectivity index (χ1) is 24.6. The maximum absolute atomic E-state index is 13.9. The third-order valence-electron chi connectivity index (χ3n) is 7.51. The number of aromatic hydroxyl groups is 1.